The molecule has 1 aliphatic rings. The van der Waals surface area contributed by atoms with Crippen LogP contribution in [0.5, 0.6) is 5.75 Å². The summed E-state index contributed by atoms with van der Waals surface area (Å²) in [6, 6.07) is 2.17. The van der Waals surface area contributed by atoms with E-state index in [-0.39, 0.29) is 17.9 Å². The number of phenolic OH excluding ortho intramolecular Hbond substituents is 1. The Bertz CT molecular complexity index is 633. The third kappa shape index (κ3) is 2.42. The maximum Gasteiger partial charge on any atom is 0.303 e. The molecule has 7 nitrogen and oxygen atoms in total. The maximum atomic E-state index is 12.3. The van der Waals surface area contributed by atoms with Gasteiger partial charge in [0.15, 0.2) is 0 Å². The van der Waals surface area contributed by atoms with Crippen LogP contribution in [0.2, 0.25) is 0 Å². The van der Waals surface area contributed by atoms with E-state index >= 15 is 0 Å². The summed E-state index contributed by atoms with van der Waals surface area (Å²) >= 11 is 0. The molecule has 2 amide bonds. The van der Waals surface area contributed by atoms with E-state index in [1.54, 1.807) is 0 Å². The van der Waals surface area contributed by atoms with Gasteiger partial charge in [0.2, 0.25) is 5.91 Å². The highest BCUT2D eigenvalue weighted by molar-refractivity contribution is 6.01. The molecule has 0 saturated carbocycles. The Balaban J connectivity index is 2.36. The van der Waals surface area contributed by atoms with Gasteiger partial charge in [0.05, 0.1) is 7.92 Å². The van der Waals surface area contributed by atoms with Gasteiger partial charge < -0.3 is 20.8 Å². The van der Waals surface area contributed by atoms with Gasteiger partial charge in [-0.1, -0.05) is 6.07 Å². The zero-order valence-corrected chi connectivity index (χ0v) is 10.5. The van der Waals surface area contributed by atoms with Gasteiger partial charge in [-0.3, -0.25) is 14.4 Å². The van der Waals surface area contributed by atoms with Crippen molar-refractivity contribution < 1.29 is 26.0 Å². The molecule has 0 radical (unpaired) electrons. The number of aromatic hydroxyl groups is 1. The predicted molar refractivity (Wildman–Crippen MR) is 67.8 cm³/mol. The lowest BCUT2D eigenvalue weighted by Crippen LogP contribution is -2.45. The van der Waals surface area contributed by atoms with Gasteiger partial charge in [-0.05, 0) is 18.6 Å². The van der Waals surface area contributed by atoms with Crippen molar-refractivity contribution in [2.24, 2.45) is 5.73 Å². The summed E-state index contributed by atoms with van der Waals surface area (Å²) in [5.41, 5.74) is 5.68. The minimum atomic E-state index is -2.17. The fourth-order valence-corrected chi connectivity index (χ4v) is 2.15. The number of carboxylic acids is 1. The van der Waals surface area contributed by atoms with E-state index in [1.165, 1.54) is 18.2 Å². The van der Waals surface area contributed by atoms with Crippen LogP contribution in [-0.4, -0.2) is 38.9 Å². The van der Waals surface area contributed by atoms with Gasteiger partial charge in [-0.2, -0.15) is 0 Å². The SMILES string of the molecule is [2H]C(CCC(=O)O)(C(N)=O)N1Cc2c(O)cccc2C1=O. The largest absolute Gasteiger partial charge is 0.508 e. The van der Waals surface area contributed by atoms with Gasteiger partial charge in [0, 0.05) is 17.5 Å². The predicted octanol–water partition coefficient (Wildman–Crippen LogP) is 0.0667. The number of fused-ring (bicyclic) bond motifs is 1. The van der Waals surface area contributed by atoms with Crippen LogP contribution in [0, 0.1) is 0 Å². The number of primary amides is 1. The second kappa shape index (κ2) is 5.20. The highest BCUT2D eigenvalue weighted by Crippen LogP contribution is 2.31. The second-order valence-corrected chi connectivity index (χ2v) is 4.40. The molecule has 1 aromatic rings. The quantitative estimate of drug-likeness (QED) is 0.704. The van der Waals surface area contributed by atoms with Crippen molar-refractivity contribution in [2.75, 3.05) is 0 Å². The highest BCUT2D eigenvalue weighted by atomic mass is 16.4. The standard InChI is InChI=1S/C13H14N2O5/c14-12(19)9(4-5-11(17)18)15-6-8-7(13(15)20)2-1-3-10(8)16/h1-3,9,16H,4-6H2,(H2,14,19)(H,17,18)/i9D. The molecule has 1 heterocycles. The van der Waals surface area contributed by atoms with E-state index in [0.717, 1.165) is 4.90 Å². The molecule has 2 rings (SSSR count). The van der Waals surface area contributed by atoms with Crippen molar-refractivity contribution in [3.05, 3.63) is 29.3 Å². The molecule has 1 unspecified atom stereocenters. The monoisotopic (exact) mass is 279 g/mol. The van der Waals surface area contributed by atoms with Crippen LogP contribution in [-0.2, 0) is 16.1 Å². The van der Waals surface area contributed by atoms with Gasteiger partial charge in [-0.25, -0.2) is 0 Å². The molecule has 1 aliphatic heterocycles. The van der Waals surface area contributed by atoms with Crippen LogP contribution >= 0.6 is 0 Å². The molecule has 4 N–H and O–H groups in total. The lowest BCUT2D eigenvalue weighted by Gasteiger charge is -2.24. The summed E-state index contributed by atoms with van der Waals surface area (Å²) < 4.78 is 8.13. The first-order valence-electron chi connectivity index (χ1n) is 6.42. The van der Waals surface area contributed by atoms with E-state index in [9.17, 15) is 19.5 Å². The Kier molecular flexibility index (Phi) is 3.24. The number of nitrogens with two attached hydrogens (primary N) is 1. The van der Waals surface area contributed by atoms with E-state index < -0.39 is 36.6 Å². The first-order valence-corrected chi connectivity index (χ1v) is 5.92. The number of amides is 2. The van der Waals surface area contributed by atoms with Crippen molar-refractivity contribution in [3.8, 4) is 5.75 Å². The first-order chi connectivity index (χ1) is 9.77. The molecule has 0 bridgehead atoms. The molecule has 1 aromatic carbocycles. The van der Waals surface area contributed by atoms with Crippen LogP contribution < -0.4 is 5.73 Å². The van der Waals surface area contributed by atoms with Gasteiger partial charge in [-0.15, -0.1) is 0 Å². The fraction of sp³-hybridized carbons (Fsp3) is 0.308. The molecule has 106 valence electrons. The minimum Gasteiger partial charge on any atom is -0.508 e. The second-order valence-electron chi connectivity index (χ2n) is 4.40. The summed E-state index contributed by atoms with van der Waals surface area (Å²) in [5, 5.41) is 18.4. The molecular formula is C13H14N2O5. The van der Waals surface area contributed by atoms with Crippen LogP contribution in [0.3, 0.4) is 0 Å². The average molecular weight is 279 g/mol. The molecule has 7 heteroatoms. The third-order valence-corrected chi connectivity index (χ3v) is 3.13. The van der Waals surface area contributed by atoms with E-state index in [1.807, 2.05) is 0 Å². The molecule has 0 saturated heterocycles. The lowest BCUT2D eigenvalue weighted by molar-refractivity contribution is -0.137. The van der Waals surface area contributed by atoms with E-state index in [2.05, 4.69) is 0 Å². The Morgan fingerprint density at radius 3 is 2.75 bits per heavy atom. The smallest absolute Gasteiger partial charge is 0.303 e. The third-order valence-electron chi connectivity index (χ3n) is 3.13. The number of rotatable bonds is 5. The molecule has 0 aromatic heterocycles. The van der Waals surface area contributed by atoms with Crippen LogP contribution in [0.4, 0.5) is 0 Å². The Labute approximate surface area is 116 Å². The number of aliphatic carboxylic acids is 1. The van der Waals surface area contributed by atoms with Crippen LogP contribution in [0.1, 0.15) is 30.1 Å². The van der Waals surface area contributed by atoms with Crippen molar-refractivity contribution in [1.29, 1.82) is 0 Å². The number of carbonyl (C=O) groups is 3. The van der Waals surface area contributed by atoms with Crippen molar-refractivity contribution >= 4 is 17.8 Å². The number of phenols is 1. The van der Waals surface area contributed by atoms with Gasteiger partial charge in [0.25, 0.3) is 5.91 Å². The average Bonchev–Trinajstić information content (AvgIpc) is 2.75. The van der Waals surface area contributed by atoms with Gasteiger partial charge in [0.1, 0.15) is 11.8 Å². The summed E-state index contributed by atoms with van der Waals surface area (Å²) in [6.45, 7) is -0.160. The van der Waals surface area contributed by atoms with Crippen LogP contribution in [0.25, 0.3) is 0 Å². The topological polar surface area (TPSA) is 121 Å². The highest BCUT2D eigenvalue weighted by Gasteiger charge is 2.36. The number of carboxylic acid groups (broad SMARTS) is 1. The zero-order chi connectivity index (χ0) is 15.8. The lowest BCUT2D eigenvalue weighted by atomic mass is 10.1. The van der Waals surface area contributed by atoms with E-state index in [4.69, 9.17) is 12.2 Å². The maximum absolute atomic E-state index is 12.3. The molecule has 20 heavy (non-hydrogen) atoms. The summed E-state index contributed by atoms with van der Waals surface area (Å²) in [6.07, 6.45) is -0.892. The molecular weight excluding hydrogens is 264 g/mol. The number of nitrogens with zero attached hydrogens (tertiary/aromatic N) is 1. The van der Waals surface area contributed by atoms with Crippen molar-refractivity contribution in [1.82, 2.24) is 4.90 Å². The minimum absolute atomic E-state index is 0.117. The Morgan fingerprint density at radius 1 is 1.50 bits per heavy atom. The Hall–Kier alpha value is -2.57. The van der Waals surface area contributed by atoms with Crippen molar-refractivity contribution in [3.63, 3.8) is 0 Å². The molecule has 0 spiro atoms. The number of hydrogen-bond acceptors (Lipinski definition) is 4. The molecule has 0 fully saturated rings. The molecule has 0 aliphatic carbocycles. The number of carbonyl (C=O) groups excluding carboxylic acids is 2. The van der Waals surface area contributed by atoms with E-state index in [0.29, 0.717) is 5.56 Å². The summed E-state index contributed by atoms with van der Waals surface area (Å²) in [7, 11) is 0. The fourth-order valence-electron chi connectivity index (χ4n) is 2.15. The first kappa shape index (κ1) is 12.5. The number of benzene rings is 1. The normalized spacial score (nSPS) is 17.3. The summed E-state index contributed by atoms with van der Waals surface area (Å²) in [4.78, 5) is 35.4. The van der Waals surface area contributed by atoms with Gasteiger partial charge >= 0.3 is 5.97 Å². The van der Waals surface area contributed by atoms with Crippen LogP contribution in [0.15, 0.2) is 18.2 Å². The van der Waals surface area contributed by atoms with Crippen molar-refractivity contribution in [2.45, 2.75) is 25.4 Å². The Morgan fingerprint density at radius 2 is 2.20 bits per heavy atom. The molecule has 1 atom stereocenters. The summed E-state index contributed by atoms with van der Waals surface area (Å²) in [5.74, 6) is -3.04. The number of hydrogen-bond donors (Lipinski definition) is 3. The zero-order valence-electron chi connectivity index (χ0n) is 11.5.